The van der Waals surface area contributed by atoms with Crippen LogP contribution in [0.2, 0.25) is 0 Å². The van der Waals surface area contributed by atoms with Crippen LogP contribution in [0, 0.1) is 23.7 Å². The molecule has 2 rings (SSSR count). The second-order valence-corrected chi connectivity index (χ2v) is 5.16. The van der Waals surface area contributed by atoms with Gasteiger partial charge in [0, 0.05) is 5.92 Å². The van der Waals surface area contributed by atoms with E-state index >= 15 is 0 Å². The Morgan fingerprint density at radius 1 is 1.47 bits per heavy atom. The average molecular weight is 240 g/mol. The lowest BCUT2D eigenvalue weighted by molar-refractivity contribution is -0.150. The number of hydrogen-bond acceptors (Lipinski definition) is 4. The van der Waals surface area contributed by atoms with Crippen LogP contribution in [0.5, 0.6) is 0 Å². The minimum absolute atomic E-state index is 0.0964. The maximum absolute atomic E-state index is 12.3. The fourth-order valence-electron chi connectivity index (χ4n) is 3.65. The highest BCUT2D eigenvalue weighted by Crippen LogP contribution is 2.50. The number of ketones is 1. The quantitative estimate of drug-likeness (QED) is 0.594. The number of aliphatic hydroxyl groups excluding tert-OH is 1. The second-order valence-electron chi connectivity index (χ2n) is 5.16. The van der Waals surface area contributed by atoms with Crippen LogP contribution in [0.25, 0.3) is 0 Å². The predicted octanol–water partition coefficient (Wildman–Crippen LogP) is 1.16. The molecule has 4 heteroatoms. The number of Topliss-reactive ketones (excluding diaryl/α,β-unsaturated/α-hetero) is 1. The van der Waals surface area contributed by atoms with E-state index in [0.717, 1.165) is 19.3 Å². The van der Waals surface area contributed by atoms with Crippen molar-refractivity contribution in [2.24, 2.45) is 23.7 Å². The van der Waals surface area contributed by atoms with Gasteiger partial charge in [0.15, 0.2) is 5.78 Å². The van der Waals surface area contributed by atoms with Crippen LogP contribution in [0.3, 0.4) is 0 Å². The highest BCUT2D eigenvalue weighted by molar-refractivity contribution is 6.02. The number of aliphatic hydroxyl groups is 1. The molecule has 0 aliphatic heterocycles. The third-order valence-corrected chi connectivity index (χ3v) is 4.44. The molecule has 1 unspecified atom stereocenters. The van der Waals surface area contributed by atoms with Crippen LogP contribution in [0.1, 0.15) is 32.6 Å². The van der Waals surface area contributed by atoms with E-state index in [0.29, 0.717) is 6.42 Å². The van der Waals surface area contributed by atoms with Crippen molar-refractivity contribution in [3.63, 3.8) is 0 Å². The first-order valence-electron chi connectivity index (χ1n) is 6.41. The predicted molar refractivity (Wildman–Crippen MR) is 61.1 cm³/mol. The van der Waals surface area contributed by atoms with E-state index in [2.05, 4.69) is 0 Å². The number of fused-ring (bicyclic) bond motifs is 1. The Kier molecular flexibility index (Phi) is 3.52. The van der Waals surface area contributed by atoms with Crippen molar-refractivity contribution < 1.29 is 19.4 Å². The van der Waals surface area contributed by atoms with Crippen LogP contribution in [-0.4, -0.2) is 30.1 Å². The fourth-order valence-corrected chi connectivity index (χ4v) is 3.65. The molecule has 96 valence electrons. The van der Waals surface area contributed by atoms with Gasteiger partial charge in [0.25, 0.3) is 0 Å². The molecular weight excluding hydrogens is 220 g/mol. The summed E-state index contributed by atoms with van der Waals surface area (Å²) in [4.78, 5) is 24.0. The van der Waals surface area contributed by atoms with Gasteiger partial charge in [0.2, 0.25) is 0 Å². The van der Waals surface area contributed by atoms with Gasteiger partial charge in [-0.1, -0.05) is 13.3 Å². The number of methoxy groups -OCH3 is 1. The molecule has 0 aromatic carbocycles. The van der Waals surface area contributed by atoms with Gasteiger partial charge in [0.05, 0.1) is 13.2 Å². The van der Waals surface area contributed by atoms with Crippen molar-refractivity contribution in [2.75, 3.05) is 7.11 Å². The summed E-state index contributed by atoms with van der Waals surface area (Å²) in [7, 11) is 1.32. The number of carbonyl (C=O) groups excluding carboxylic acids is 2. The molecule has 0 radical (unpaired) electrons. The number of carbonyl (C=O) groups is 2. The Morgan fingerprint density at radius 2 is 2.12 bits per heavy atom. The van der Waals surface area contributed by atoms with E-state index < -0.39 is 18.0 Å². The van der Waals surface area contributed by atoms with Gasteiger partial charge < -0.3 is 9.84 Å². The summed E-state index contributed by atoms with van der Waals surface area (Å²) in [6.45, 7) is 1.87. The normalized spacial score (nSPS) is 37.9. The zero-order chi connectivity index (χ0) is 12.6. The van der Waals surface area contributed by atoms with Gasteiger partial charge in [-0.15, -0.1) is 0 Å². The molecule has 0 spiro atoms. The smallest absolute Gasteiger partial charge is 0.316 e. The SMILES string of the molecule is CCC(O)[C@@H]1C(=O)[C@H](C(=O)OC)[C@H]2CCC[C@H]21. The Hall–Kier alpha value is -0.900. The van der Waals surface area contributed by atoms with Crippen LogP contribution in [0.15, 0.2) is 0 Å². The first kappa shape index (κ1) is 12.6. The molecule has 0 aromatic heterocycles. The summed E-state index contributed by atoms with van der Waals surface area (Å²) in [5, 5.41) is 9.97. The van der Waals surface area contributed by atoms with Crippen molar-refractivity contribution >= 4 is 11.8 Å². The minimum Gasteiger partial charge on any atom is -0.468 e. The minimum atomic E-state index is -0.626. The van der Waals surface area contributed by atoms with E-state index in [1.807, 2.05) is 6.92 Å². The molecule has 1 N–H and O–H groups in total. The molecule has 0 heterocycles. The van der Waals surface area contributed by atoms with Crippen molar-refractivity contribution in [3.8, 4) is 0 Å². The number of esters is 1. The summed E-state index contributed by atoms with van der Waals surface area (Å²) in [6, 6.07) is 0. The lowest BCUT2D eigenvalue weighted by Crippen LogP contribution is -2.32. The summed E-state index contributed by atoms with van der Waals surface area (Å²) in [5.74, 6) is -1.21. The maximum Gasteiger partial charge on any atom is 0.316 e. The summed E-state index contributed by atoms with van der Waals surface area (Å²) >= 11 is 0. The topological polar surface area (TPSA) is 63.6 Å². The maximum atomic E-state index is 12.3. The summed E-state index contributed by atoms with van der Waals surface area (Å²) in [6.07, 6.45) is 2.86. The molecule has 0 saturated heterocycles. The van der Waals surface area contributed by atoms with Gasteiger partial charge in [-0.3, -0.25) is 9.59 Å². The van der Waals surface area contributed by atoms with E-state index in [-0.39, 0.29) is 23.5 Å². The first-order valence-corrected chi connectivity index (χ1v) is 6.41. The Balaban J connectivity index is 2.26. The van der Waals surface area contributed by atoms with Crippen LogP contribution < -0.4 is 0 Å². The molecule has 2 saturated carbocycles. The van der Waals surface area contributed by atoms with Gasteiger partial charge >= 0.3 is 5.97 Å². The van der Waals surface area contributed by atoms with Gasteiger partial charge in [-0.05, 0) is 31.1 Å². The zero-order valence-electron chi connectivity index (χ0n) is 10.4. The van der Waals surface area contributed by atoms with Crippen molar-refractivity contribution in [1.82, 2.24) is 0 Å². The molecule has 5 atom stereocenters. The summed E-state index contributed by atoms with van der Waals surface area (Å²) in [5.41, 5.74) is 0. The van der Waals surface area contributed by atoms with Crippen LogP contribution in [0.4, 0.5) is 0 Å². The molecule has 4 nitrogen and oxygen atoms in total. The summed E-state index contributed by atoms with van der Waals surface area (Å²) < 4.78 is 4.73. The van der Waals surface area contributed by atoms with Crippen molar-refractivity contribution in [3.05, 3.63) is 0 Å². The van der Waals surface area contributed by atoms with E-state index in [4.69, 9.17) is 4.74 Å². The van der Waals surface area contributed by atoms with Crippen LogP contribution >= 0.6 is 0 Å². The van der Waals surface area contributed by atoms with Gasteiger partial charge in [-0.2, -0.15) is 0 Å². The number of hydrogen-bond donors (Lipinski definition) is 1. The second kappa shape index (κ2) is 4.77. The lowest BCUT2D eigenvalue weighted by Gasteiger charge is -2.21. The third kappa shape index (κ3) is 1.88. The Morgan fingerprint density at radius 3 is 2.71 bits per heavy atom. The standard InChI is InChI=1S/C13H20O4/c1-3-9(14)10-7-5-4-6-8(7)11(12(10)15)13(16)17-2/h7-11,14H,3-6H2,1-2H3/t7-,8+,9?,10-,11-/m1/s1. The van der Waals surface area contributed by atoms with E-state index in [9.17, 15) is 14.7 Å². The van der Waals surface area contributed by atoms with Crippen molar-refractivity contribution in [2.45, 2.75) is 38.7 Å². The largest absolute Gasteiger partial charge is 0.468 e. The number of ether oxygens (including phenoxy) is 1. The first-order chi connectivity index (χ1) is 8.11. The molecule has 2 aliphatic carbocycles. The average Bonchev–Trinajstić information content (AvgIpc) is 2.86. The molecular formula is C13H20O4. The van der Waals surface area contributed by atoms with E-state index in [1.165, 1.54) is 7.11 Å². The highest BCUT2D eigenvalue weighted by atomic mass is 16.5. The zero-order valence-corrected chi connectivity index (χ0v) is 10.4. The Labute approximate surface area is 101 Å². The Bertz CT molecular complexity index is 325. The monoisotopic (exact) mass is 240 g/mol. The lowest BCUT2D eigenvalue weighted by atomic mass is 9.86. The van der Waals surface area contributed by atoms with E-state index in [1.54, 1.807) is 0 Å². The van der Waals surface area contributed by atoms with Crippen molar-refractivity contribution in [1.29, 1.82) is 0 Å². The molecule has 0 amide bonds. The molecule has 2 fully saturated rings. The number of rotatable bonds is 3. The third-order valence-electron chi connectivity index (χ3n) is 4.44. The highest BCUT2D eigenvalue weighted by Gasteiger charge is 2.56. The molecule has 2 aliphatic rings. The van der Waals surface area contributed by atoms with Gasteiger partial charge in [-0.25, -0.2) is 0 Å². The fraction of sp³-hybridized carbons (Fsp3) is 0.846. The van der Waals surface area contributed by atoms with Crippen LogP contribution in [-0.2, 0) is 14.3 Å². The molecule has 17 heavy (non-hydrogen) atoms. The molecule has 0 aromatic rings. The van der Waals surface area contributed by atoms with Gasteiger partial charge in [0.1, 0.15) is 5.92 Å². The molecule has 0 bridgehead atoms.